The lowest BCUT2D eigenvalue weighted by Crippen LogP contribution is -2.37. The molecule has 0 aliphatic carbocycles. The number of carbonyl (C=O) groups is 1. The van der Waals surface area contributed by atoms with E-state index in [1.807, 2.05) is 77.6 Å². The minimum Gasteiger partial charge on any atom is -0.287 e. The first kappa shape index (κ1) is 18.0. The molecule has 0 fully saturated rings. The molecule has 4 rings (SSSR count). The number of aromatic nitrogens is 2. The molecule has 0 spiro atoms. The van der Waals surface area contributed by atoms with Gasteiger partial charge in [-0.2, -0.15) is 4.57 Å². The Morgan fingerprint density at radius 2 is 1.46 bits per heavy atom. The van der Waals surface area contributed by atoms with E-state index >= 15 is 0 Å². The molecule has 3 nitrogen and oxygen atoms in total. The molecule has 2 aromatic heterocycles. The third kappa shape index (κ3) is 3.86. The number of hydrogen-bond donors (Lipinski definition) is 0. The van der Waals surface area contributed by atoms with Crippen LogP contribution in [0.3, 0.4) is 0 Å². The van der Waals surface area contributed by atoms with Gasteiger partial charge in [0.25, 0.3) is 0 Å². The zero-order chi connectivity index (χ0) is 17.1. The molecule has 4 heteroatoms. The van der Waals surface area contributed by atoms with E-state index in [1.165, 1.54) is 0 Å². The minimum atomic E-state index is 0. The lowest BCUT2D eigenvalue weighted by atomic mass is 10.0. The van der Waals surface area contributed by atoms with Gasteiger partial charge in [0.1, 0.15) is 0 Å². The second kappa shape index (κ2) is 8.02. The molecule has 26 heavy (non-hydrogen) atoms. The van der Waals surface area contributed by atoms with Gasteiger partial charge in [-0.05, 0) is 40.1 Å². The summed E-state index contributed by atoms with van der Waals surface area (Å²) in [6.07, 6.45) is 7.43. The van der Waals surface area contributed by atoms with E-state index in [2.05, 4.69) is 11.1 Å². The number of benzene rings is 2. The molecule has 0 saturated carbocycles. The number of ketones is 1. The molecule has 4 aromatic rings. The Morgan fingerprint density at radius 1 is 0.808 bits per heavy atom. The summed E-state index contributed by atoms with van der Waals surface area (Å²) in [6.45, 7) is 0.328. The van der Waals surface area contributed by atoms with Crippen molar-refractivity contribution in [2.75, 3.05) is 0 Å². The molecule has 0 unspecified atom stereocenters. The smallest absolute Gasteiger partial charge is 0.227 e. The van der Waals surface area contributed by atoms with Crippen LogP contribution < -0.4 is 4.57 Å². The summed E-state index contributed by atoms with van der Waals surface area (Å²) in [5.41, 5.74) is 2.96. The number of rotatable bonds is 4. The number of carbonyl (C=O) groups excluding carboxylic acids is 1. The van der Waals surface area contributed by atoms with E-state index in [0.717, 1.165) is 27.5 Å². The first-order valence-corrected chi connectivity index (χ1v) is 8.21. The number of fused-ring (bicyclic) bond motifs is 1. The maximum Gasteiger partial charge on any atom is 0.227 e. The molecule has 0 N–H and O–H groups in total. The predicted octanol–water partition coefficient (Wildman–Crippen LogP) is 4.65. The van der Waals surface area contributed by atoms with Gasteiger partial charge in [0.2, 0.25) is 12.3 Å². The van der Waals surface area contributed by atoms with E-state index < -0.39 is 0 Å². The molecule has 2 aromatic carbocycles. The van der Waals surface area contributed by atoms with Gasteiger partial charge in [0.15, 0.2) is 12.4 Å². The molecular formula is C22H18BrN2O+. The average molecular weight is 406 g/mol. The molecule has 0 saturated heterocycles. The molecule has 2 heterocycles. The Balaban J connectivity index is 0.00000196. The summed E-state index contributed by atoms with van der Waals surface area (Å²) in [5.74, 6) is 0.104. The van der Waals surface area contributed by atoms with Gasteiger partial charge in [0.05, 0.1) is 0 Å². The largest absolute Gasteiger partial charge is 0.287 e. The highest BCUT2D eigenvalue weighted by Gasteiger charge is 2.12. The Labute approximate surface area is 162 Å². The molecule has 0 aliphatic rings. The van der Waals surface area contributed by atoms with Crippen LogP contribution in [0.1, 0.15) is 10.4 Å². The van der Waals surface area contributed by atoms with Crippen LogP contribution in [0, 0.1) is 0 Å². The van der Waals surface area contributed by atoms with E-state index in [0.29, 0.717) is 6.54 Å². The molecule has 0 aliphatic heterocycles. The zero-order valence-corrected chi connectivity index (χ0v) is 15.8. The Hall–Kier alpha value is -2.85. The Bertz CT molecular complexity index is 1030. The van der Waals surface area contributed by atoms with Crippen LogP contribution in [-0.2, 0) is 6.54 Å². The van der Waals surface area contributed by atoms with Gasteiger partial charge in [-0.15, -0.1) is 17.0 Å². The standard InChI is InChI=1S/C22H17N2O.BrH/c25-22(21-6-5-17-3-1-2-4-20(17)15-21)16-24-13-9-19(10-14-24)18-7-11-23-12-8-18;/h1-15H,16H2;1H/q+1;. The summed E-state index contributed by atoms with van der Waals surface area (Å²) >= 11 is 0. The fourth-order valence-corrected chi connectivity index (χ4v) is 2.92. The van der Waals surface area contributed by atoms with Gasteiger partial charge in [0, 0.05) is 30.1 Å². The summed E-state index contributed by atoms with van der Waals surface area (Å²) in [4.78, 5) is 16.6. The van der Waals surface area contributed by atoms with Crippen molar-refractivity contribution in [1.29, 1.82) is 0 Å². The van der Waals surface area contributed by atoms with Crippen molar-refractivity contribution in [3.8, 4) is 11.1 Å². The van der Waals surface area contributed by atoms with Crippen molar-refractivity contribution in [2.45, 2.75) is 6.54 Å². The van der Waals surface area contributed by atoms with E-state index in [1.54, 1.807) is 12.4 Å². The highest BCUT2D eigenvalue weighted by molar-refractivity contribution is 8.93. The van der Waals surface area contributed by atoms with Crippen LogP contribution in [-0.4, -0.2) is 10.8 Å². The quantitative estimate of drug-likeness (QED) is 0.365. The lowest BCUT2D eigenvalue weighted by molar-refractivity contribution is -0.683. The monoisotopic (exact) mass is 405 g/mol. The first-order valence-electron chi connectivity index (χ1n) is 8.21. The van der Waals surface area contributed by atoms with Crippen LogP contribution in [0.5, 0.6) is 0 Å². The molecule has 128 valence electrons. The third-order valence-corrected chi connectivity index (χ3v) is 4.30. The van der Waals surface area contributed by atoms with Crippen molar-refractivity contribution in [3.63, 3.8) is 0 Å². The van der Waals surface area contributed by atoms with Gasteiger partial charge in [-0.1, -0.05) is 36.4 Å². The normalized spacial score (nSPS) is 10.3. The van der Waals surface area contributed by atoms with Crippen molar-refractivity contribution < 1.29 is 9.36 Å². The Kier molecular flexibility index (Phi) is 5.54. The number of Topliss-reactive ketones (excluding diaryl/α,β-unsaturated/α-hetero) is 1. The van der Waals surface area contributed by atoms with Crippen molar-refractivity contribution in [2.24, 2.45) is 0 Å². The van der Waals surface area contributed by atoms with Gasteiger partial charge in [-0.25, -0.2) is 0 Å². The second-order valence-corrected chi connectivity index (χ2v) is 5.98. The third-order valence-electron chi connectivity index (χ3n) is 4.30. The van der Waals surface area contributed by atoms with Crippen molar-refractivity contribution >= 4 is 33.5 Å². The number of halogens is 1. The fourth-order valence-electron chi connectivity index (χ4n) is 2.92. The Morgan fingerprint density at radius 3 is 2.19 bits per heavy atom. The van der Waals surface area contributed by atoms with E-state index in [-0.39, 0.29) is 22.8 Å². The lowest BCUT2D eigenvalue weighted by Gasteiger charge is -2.03. The minimum absolute atomic E-state index is 0. The molecular weight excluding hydrogens is 388 g/mol. The second-order valence-electron chi connectivity index (χ2n) is 5.98. The van der Waals surface area contributed by atoms with Crippen LogP contribution >= 0.6 is 17.0 Å². The molecule has 0 atom stereocenters. The number of pyridine rings is 2. The van der Waals surface area contributed by atoms with Crippen molar-refractivity contribution in [3.05, 3.63) is 97.1 Å². The van der Waals surface area contributed by atoms with Crippen LogP contribution in [0.15, 0.2) is 91.5 Å². The highest BCUT2D eigenvalue weighted by Crippen LogP contribution is 2.17. The predicted molar refractivity (Wildman–Crippen MR) is 108 cm³/mol. The number of hydrogen-bond acceptors (Lipinski definition) is 2. The molecule has 0 radical (unpaired) electrons. The van der Waals surface area contributed by atoms with E-state index in [9.17, 15) is 4.79 Å². The fraction of sp³-hybridized carbons (Fsp3) is 0.0455. The maximum atomic E-state index is 12.6. The van der Waals surface area contributed by atoms with Crippen molar-refractivity contribution in [1.82, 2.24) is 4.98 Å². The zero-order valence-electron chi connectivity index (χ0n) is 14.1. The summed E-state index contributed by atoms with van der Waals surface area (Å²) < 4.78 is 1.90. The molecule has 0 bridgehead atoms. The summed E-state index contributed by atoms with van der Waals surface area (Å²) in [6, 6.07) is 21.9. The van der Waals surface area contributed by atoms with E-state index in [4.69, 9.17) is 0 Å². The SMILES string of the molecule is Br.O=C(C[n+]1ccc(-c2ccncc2)cc1)c1ccc2ccccc2c1. The van der Waals surface area contributed by atoms with Crippen LogP contribution in [0.4, 0.5) is 0 Å². The molecule has 0 amide bonds. The maximum absolute atomic E-state index is 12.6. The summed E-state index contributed by atoms with van der Waals surface area (Å²) in [5, 5.41) is 2.24. The summed E-state index contributed by atoms with van der Waals surface area (Å²) in [7, 11) is 0. The van der Waals surface area contributed by atoms with Gasteiger partial charge >= 0.3 is 0 Å². The number of nitrogens with zero attached hydrogens (tertiary/aromatic N) is 2. The van der Waals surface area contributed by atoms with Gasteiger partial charge in [-0.3, -0.25) is 9.78 Å². The topological polar surface area (TPSA) is 33.8 Å². The van der Waals surface area contributed by atoms with Crippen LogP contribution in [0.25, 0.3) is 21.9 Å². The first-order chi connectivity index (χ1) is 12.3. The average Bonchev–Trinajstić information content (AvgIpc) is 2.69. The van der Waals surface area contributed by atoms with Crippen LogP contribution in [0.2, 0.25) is 0 Å². The van der Waals surface area contributed by atoms with Gasteiger partial charge < -0.3 is 0 Å². The highest BCUT2D eigenvalue weighted by atomic mass is 79.9.